The van der Waals surface area contributed by atoms with E-state index in [1.807, 2.05) is 13.3 Å². The van der Waals surface area contributed by atoms with Gasteiger partial charge in [-0.25, -0.2) is 15.0 Å². The van der Waals surface area contributed by atoms with Gasteiger partial charge in [-0.05, 0) is 141 Å². The van der Waals surface area contributed by atoms with Gasteiger partial charge in [0.15, 0.2) is 17.5 Å². The summed E-state index contributed by atoms with van der Waals surface area (Å²) < 4.78 is 13.4. The minimum absolute atomic E-state index is 0.0781. The Morgan fingerprint density at radius 2 is 0.853 bits per heavy atom. The lowest BCUT2D eigenvalue weighted by Crippen LogP contribution is -2.56. The molecule has 0 aliphatic heterocycles. The lowest BCUT2D eigenvalue weighted by Gasteiger charge is -2.62. The predicted octanol–water partition coefficient (Wildman–Crippen LogP) is 15.7. The van der Waals surface area contributed by atoms with Gasteiger partial charge in [-0.1, -0.05) is 188 Å². The van der Waals surface area contributed by atoms with Gasteiger partial charge in [0.1, 0.15) is 7.14 Å². The molecule has 4 bridgehead atoms. The molecule has 4 fully saturated rings. The standard InChI is InChI=1S/C63H52N3OP/c1-68(2,67)58-33-32-53(56-18-10-11-19-57(56)58)44-24-28-49(29-25-44)63(51-35-40-34-41(37-51)38-52(63)36-40)50-30-26-46(27-31-50)61-64-60(45-22-20-43(21-23-45)42-12-4-3-5-13-42)65-62(66-61)59-54-16-8-6-14-47(54)39-48-15-7-9-17-55(48)59/h3-33,39-41,51-52H,34-38H2,1-2H3. The number of fused-ring (bicyclic) bond motifs is 3. The van der Waals surface area contributed by atoms with Gasteiger partial charge in [-0.15, -0.1) is 0 Å². The van der Waals surface area contributed by atoms with Crippen molar-refractivity contribution >= 4 is 44.8 Å². The van der Waals surface area contributed by atoms with Crippen molar-refractivity contribution in [3.05, 3.63) is 205 Å². The Balaban J connectivity index is 0.936. The largest absolute Gasteiger partial charge is 0.319 e. The lowest BCUT2D eigenvalue weighted by atomic mass is 9.42. The zero-order chi connectivity index (χ0) is 45.6. The van der Waals surface area contributed by atoms with Crippen molar-refractivity contribution in [2.45, 2.75) is 37.5 Å². The molecule has 1 aromatic heterocycles. The van der Waals surface area contributed by atoms with E-state index in [1.54, 1.807) is 0 Å². The van der Waals surface area contributed by atoms with E-state index in [1.165, 1.54) is 59.9 Å². The van der Waals surface area contributed by atoms with Crippen LogP contribution in [0.2, 0.25) is 0 Å². The van der Waals surface area contributed by atoms with Gasteiger partial charge < -0.3 is 4.57 Å². The monoisotopic (exact) mass is 897 g/mol. The van der Waals surface area contributed by atoms with Crippen molar-refractivity contribution in [1.82, 2.24) is 15.0 Å². The molecule has 10 aromatic rings. The normalized spacial score (nSPS) is 20.9. The van der Waals surface area contributed by atoms with Gasteiger partial charge in [0.25, 0.3) is 0 Å². The number of benzene rings is 9. The molecule has 5 heteroatoms. The van der Waals surface area contributed by atoms with Crippen molar-refractivity contribution in [1.29, 1.82) is 0 Å². The third-order valence-electron chi connectivity index (χ3n) is 16.1. The molecular weight excluding hydrogens is 846 g/mol. The highest BCUT2D eigenvalue weighted by molar-refractivity contribution is 7.70. The molecule has 9 aromatic carbocycles. The Morgan fingerprint density at radius 3 is 1.41 bits per heavy atom. The van der Waals surface area contributed by atoms with Crippen LogP contribution in [0.25, 0.3) is 88.7 Å². The number of rotatable bonds is 8. The SMILES string of the molecule is CP(C)(=O)c1ccc(-c2ccc(C3(c4ccc(-c5nc(-c6ccc(-c7ccccc7)cc6)nc(-c6c7ccccc7cc7ccccc67)n5)cc4)C4CC5CC(C4)CC3C5)cc2)c2ccccc12. The summed E-state index contributed by atoms with van der Waals surface area (Å²) in [4.78, 5) is 16.0. The summed E-state index contributed by atoms with van der Waals surface area (Å²) in [5.41, 5.74) is 10.4. The molecule has 0 spiro atoms. The van der Waals surface area contributed by atoms with Crippen molar-refractivity contribution in [2.24, 2.45) is 23.7 Å². The Hall–Kier alpha value is -7.00. The first kappa shape index (κ1) is 41.2. The van der Waals surface area contributed by atoms with Crippen LogP contribution in [0.4, 0.5) is 0 Å². The fraction of sp³-hybridized carbons (Fsp3) is 0.190. The summed E-state index contributed by atoms with van der Waals surface area (Å²) in [5, 5.41) is 7.76. The van der Waals surface area contributed by atoms with Gasteiger partial charge in [-0.3, -0.25) is 0 Å². The molecule has 14 rings (SSSR count). The Kier molecular flexibility index (Phi) is 9.74. The second kappa shape index (κ2) is 16.1. The number of hydrogen-bond donors (Lipinski definition) is 0. The van der Waals surface area contributed by atoms with E-state index in [4.69, 9.17) is 15.0 Å². The van der Waals surface area contributed by atoms with Crippen LogP contribution in [0, 0.1) is 23.7 Å². The van der Waals surface area contributed by atoms with Crippen LogP contribution < -0.4 is 5.30 Å². The maximum atomic E-state index is 13.4. The minimum Gasteiger partial charge on any atom is -0.319 e. The van der Waals surface area contributed by atoms with Crippen LogP contribution in [0.3, 0.4) is 0 Å². The molecule has 0 atom stereocenters. The second-order valence-corrected chi connectivity index (χ2v) is 23.5. The zero-order valence-electron chi connectivity index (χ0n) is 38.5. The van der Waals surface area contributed by atoms with Crippen LogP contribution in [-0.2, 0) is 9.98 Å². The van der Waals surface area contributed by atoms with Gasteiger partial charge in [0.05, 0.1) is 0 Å². The highest BCUT2D eigenvalue weighted by Crippen LogP contribution is 2.65. The average molecular weight is 898 g/mol. The molecule has 0 unspecified atom stereocenters. The van der Waals surface area contributed by atoms with Gasteiger partial charge >= 0.3 is 0 Å². The Morgan fingerprint density at radius 1 is 0.412 bits per heavy atom. The van der Waals surface area contributed by atoms with E-state index in [9.17, 15) is 4.57 Å². The third kappa shape index (κ3) is 6.79. The van der Waals surface area contributed by atoms with Gasteiger partial charge in [0.2, 0.25) is 0 Å². The maximum absolute atomic E-state index is 13.4. The minimum atomic E-state index is -2.45. The maximum Gasteiger partial charge on any atom is 0.165 e. The summed E-state index contributed by atoms with van der Waals surface area (Å²) in [7, 11) is -2.45. The second-order valence-electron chi connectivity index (χ2n) is 20.3. The van der Waals surface area contributed by atoms with Gasteiger partial charge in [-0.2, -0.15) is 0 Å². The smallest absolute Gasteiger partial charge is 0.165 e. The molecule has 0 amide bonds. The predicted molar refractivity (Wildman–Crippen MR) is 283 cm³/mol. The summed E-state index contributed by atoms with van der Waals surface area (Å²) >= 11 is 0. The highest BCUT2D eigenvalue weighted by Gasteiger charge is 2.58. The van der Waals surface area contributed by atoms with Crippen LogP contribution in [-0.4, -0.2) is 28.3 Å². The number of hydrogen-bond acceptors (Lipinski definition) is 4. The molecule has 0 N–H and O–H groups in total. The van der Waals surface area contributed by atoms with E-state index in [2.05, 4.69) is 194 Å². The quantitative estimate of drug-likeness (QED) is 0.113. The van der Waals surface area contributed by atoms with Crippen LogP contribution >= 0.6 is 7.14 Å². The van der Waals surface area contributed by atoms with Gasteiger partial charge in [0, 0.05) is 27.4 Å². The first-order chi connectivity index (χ1) is 33.3. The fourth-order valence-corrected chi connectivity index (χ4v) is 14.5. The molecule has 68 heavy (non-hydrogen) atoms. The molecule has 4 aliphatic rings. The molecule has 1 heterocycles. The molecule has 4 saturated carbocycles. The van der Waals surface area contributed by atoms with E-state index < -0.39 is 7.14 Å². The molecule has 4 nitrogen and oxygen atoms in total. The van der Waals surface area contributed by atoms with Crippen LogP contribution in [0.15, 0.2) is 194 Å². The molecule has 0 radical (unpaired) electrons. The third-order valence-corrected chi connectivity index (χ3v) is 17.6. The number of aromatic nitrogens is 3. The summed E-state index contributed by atoms with van der Waals surface area (Å²) in [6.07, 6.45) is 6.56. The first-order valence-electron chi connectivity index (χ1n) is 24.4. The molecular formula is C63H52N3OP. The van der Waals surface area contributed by atoms with Crippen molar-refractivity contribution in [2.75, 3.05) is 13.3 Å². The zero-order valence-corrected chi connectivity index (χ0v) is 39.4. The van der Waals surface area contributed by atoms with E-state index in [0.29, 0.717) is 29.3 Å². The first-order valence-corrected chi connectivity index (χ1v) is 27.0. The van der Waals surface area contributed by atoms with Crippen LogP contribution in [0.5, 0.6) is 0 Å². The highest BCUT2D eigenvalue weighted by atomic mass is 31.2. The topological polar surface area (TPSA) is 55.7 Å². The number of nitrogens with zero attached hydrogens (tertiary/aromatic N) is 3. The average Bonchev–Trinajstić information content (AvgIpc) is 3.37. The lowest BCUT2D eigenvalue weighted by molar-refractivity contribution is -0.0418. The summed E-state index contributed by atoms with van der Waals surface area (Å²) in [5.74, 6) is 4.84. The Bertz CT molecular complexity index is 3530. The van der Waals surface area contributed by atoms with E-state index >= 15 is 0 Å². The van der Waals surface area contributed by atoms with Crippen molar-refractivity contribution in [3.8, 4) is 56.4 Å². The van der Waals surface area contributed by atoms with E-state index in [0.717, 1.165) is 71.7 Å². The Labute approximate surface area is 398 Å². The molecule has 330 valence electrons. The summed E-state index contributed by atoms with van der Waals surface area (Å²) in [6.45, 7) is 3.75. The van der Waals surface area contributed by atoms with E-state index in [-0.39, 0.29) is 5.41 Å². The fourth-order valence-electron chi connectivity index (χ4n) is 13.3. The molecule has 0 saturated heterocycles. The summed E-state index contributed by atoms with van der Waals surface area (Å²) in [6, 6.07) is 70.3. The van der Waals surface area contributed by atoms with Crippen molar-refractivity contribution < 1.29 is 4.57 Å². The molecule has 4 aliphatic carbocycles. The van der Waals surface area contributed by atoms with Crippen LogP contribution in [0.1, 0.15) is 43.2 Å². The van der Waals surface area contributed by atoms with Crippen molar-refractivity contribution in [3.63, 3.8) is 0 Å².